The van der Waals surface area contributed by atoms with Gasteiger partial charge in [0.05, 0.1) is 12.5 Å². The number of carboxylic acid groups (broad SMARTS) is 1. The number of hydrogen-bond donors (Lipinski definition) is 4. The molecule has 1 aromatic heterocycles. The predicted molar refractivity (Wildman–Crippen MR) is 66.3 cm³/mol. The van der Waals surface area contributed by atoms with Crippen LogP contribution in [0.1, 0.15) is 25.2 Å². The van der Waals surface area contributed by atoms with Crippen molar-refractivity contribution in [1.82, 2.24) is 25.4 Å². The molecule has 1 heterocycles. The maximum Gasteiger partial charge on any atom is 0.326 e. The number of amides is 3. The van der Waals surface area contributed by atoms with E-state index in [1.807, 2.05) is 0 Å². The van der Waals surface area contributed by atoms with Gasteiger partial charge in [0.2, 0.25) is 5.91 Å². The molecule has 0 aliphatic rings. The average Bonchev–Trinajstić information content (AvgIpc) is 2.73. The molecule has 0 bridgehead atoms. The van der Waals surface area contributed by atoms with E-state index in [1.165, 1.54) is 6.33 Å². The minimum Gasteiger partial charge on any atom is -0.480 e. The molecule has 0 saturated carbocycles. The number of nitrogens with zero attached hydrogens (tertiary/aromatic N) is 3. The highest BCUT2D eigenvalue weighted by Gasteiger charge is 2.23. The van der Waals surface area contributed by atoms with Gasteiger partial charge in [-0.3, -0.25) is 4.79 Å². The van der Waals surface area contributed by atoms with Crippen molar-refractivity contribution in [1.29, 1.82) is 0 Å². The first-order valence-electron chi connectivity index (χ1n) is 5.73. The van der Waals surface area contributed by atoms with E-state index in [0.717, 1.165) is 0 Å². The number of carbonyl (C=O) groups is 3. The highest BCUT2D eigenvalue weighted by atomic mass is 16.4. The second-order valence-electron chi connectivity index (χ2n) is 4.20. The van der Waals surface area contributed by atoms with Gasteiger partial charge in [-0.05, 0) is 6.92 Å². The Balaban J connectivity index is 2.60. The first-order chi connectivity index (χ1) is 9.31. The van der Waals surface area contributed by atoms with E-state index in [2.05, 4.69) is 20.8 Å². The number of aliphatic carboxylic acids is 1. The first-order valence-corrected chi connectivity index (χ1v) is 5.73. The molecule has 5 N–H and O–H groups in total. The lowest BCUT2D eigenvalue weighted by atomic mass is 10.2. The predicted octanol–water partition coefficient (Wildman–Crippen LogP) is -1.50. The van der Waals surface area contributed by atoms with Gasteiger partial charge >= 0.3 is 12.0 Å². The smallest absolute Gasteiger partial charge is 0.326 e. The Hall–Kier alpha value is -2.65. The van der Waals surface area contributed by atoms with E-state index >= 15 is 0 Å². The number of carbonyl (C=O) groups excluding carboxylic acids is 2. The molecule has 0 spiro atoms. The summed E-state index contributed by atoms with van der Waals surface area (Å²) in [6.07, 6.45) is 0.986. The summed E-state index contributed by atoms with van der Waals surface area (Å²) < 4.78 is 1.61. The molecule has 2 atom stereocenters. The van der Waals surface area contributed by atoms with E-state index < -0.39 is 36.4 Å². The van der Waals surface area contributed by atoms with Crippen LogP contribution in [0.3, 0.4) is 0 Å². The van der Waals surface area contributed by atoms with Crippen LogP contribution in [0.4, 0.5) is 4.79 Å². The summed E-state index contributed by atoms with van der Waals surface area (Å²) in [5.74, 6) is -1.66. The monoisotopic (exact) mass is 284 g/mol. The molecule has 0 aromatic carbocycles. The largest absolute Gasteiger partial charge is 0.480 e. The van der Waals surface area contributed by atoms with Crippen LogP contribution in [0, 0.1) is 0 Å². The second kappa shape index (κ2) is 6.50. The SMILES string of the molecule is CC(NC(=O)NC(CC(N)=O)C(=O)O)c1nncn1C. The van der Waals surface area contributed by atoms with Gasteiger partial charge in [0.25, 0.3) is 0 Å². The maximum absolute atomic E-state index is 11.7. The number of carboxylic acids is 1. The zero-order chi connectivity index (χ0) is 15.3. The minimum absolute atomic E-state index is 0.481. The van der Waals surface area contributed by atoms with Crippen LogP contribution in [0.15, 0.2) is 6.33 Å². The summed E-state index contributed by atoms with van der Waals surface area (Å²) in [5, 5.41) is 21.0. The lowest BCUT2D eigenvalue weighted by Crippen LogP contribution is -2.48. The first kappa shape index (κ1) is 15.4. The van der Waals surface area contributed by atoms with Gasteiger partial charge in [-0.1, -0.05) is 0 Å². The Labute approximate surface area is 114 Å². The zero-order valence-corrected chi connectivity index (χ0v) is 11.0. The third kappa shape index (κ3) is 4.23. The number of nitrogens with one attached hydrogen (secondary N) is 2. The average molecular weight is 284 g/mol. The van der Waals surface area contributed by atoms with Crippen molar-refractivity contribution in [2.75, 3.05) is 0 Å². The molecule has 0 aliphatic carbocycles. The Morgan fingerprint density at radius 2 is 2.10 bits per heavy atom. The van der Waals surface area contributed by atoms with Crippen LogP contribution in [-0.2, 0) is 16.6 Å². The number of urea groups is 1. The van der Waals surface area contributed by atoms with E-state index in [9.17, 15) is 14.4 Å². The van der Waals surface area contributed by atoms with Crippen LogP contribution >= 0.6 is 0 Å². The van der Waals surface area contributed by atoms with Gasteiger partial charge in [0.15, 0.2) is 5.82 Å². The normalized spacial score (nSPS) is 13.3. The topological polar surface area (TPSA) is 152 Å². The zero-order valence-electron chi connectivity index (χ0n) is 11.0. The van der Waals surface area contributed by atoms with Gasteiger partial charge in [0, 0.05) is 7.05 Å². The molecule has 3 amide bonds. The molecule has 10 nitrogen and oxygen atoms in total. The van der Waals surface area contributed by atoms with Crippen molar-refractivity contribution in [2.45, 2.75) is 25.4 Å². The summed E-state index contributed by atoms with van der Waals surface area (Å²) in [7, 11) is 1.71. The Morgan fingerprint density at radius 3 is 2.55 bits per heavy atom. The number of rotatable bonds is 6. The number of primary amides is 1. The molecular formula is C10H16N6O4. The van der Waals surface area contributed by atoms with Crippen molar-refractivity contribution in [3.8, 4) is 0 Å². The lowest BCUT2D eigenvalue weighted by molar-refractivity contribution is -0.140. The summed E-state index contributed by atoms with van der Waals surface area (Å²) in [6.45, 7) is 1.66. The Morgan fingerprint density at radius 1 is 1.45 bits per heavy atom. The molecule has 0 radical (unpaired) electrons. The summed E-state index contributed by atoms with van der Waals surface area (Å²) >= 11 is 0. The Bertz CT molecular complexity index is 514. The molecule has 110 valence electrons. The van der Waals surface area contributed by atoms with Crippen molar-refractivity contribution < 1.29 is 19.5 Å². The van der Waals surface area contributed by atoms with Gasteiger partial charge in [-0.15, -0.1) is 10.2 Å². The number of nitrogens with two attached hydrogens (primary N) is 1. The minimum atomic E-state index is -1.38. The molecule has 2 unspecified atom stereocenters. The van der Waals surface area contributed by atoms with Crippen LogP contribution in [0.25, 0.3) is 0 Å². The Kier molecular flexibility index (Phi) is 5.01. The summed E-state index contributed by atoms with van der Waals surface area (Å²) in [6, 6.07) is -2.60. The molecule has 10 heteroatoms. The van der Waals surface area contributed by atoms with Crippen LogP contribution in [0.2, 0.25) is 0 Å². The van der Waals surface area contributed by atoms with E-state index in [0.29, 0.717) is 5.82 Å². The van der Waals surface area contributed by atoms with Crippen LogP contribution in [-0.4, -0.2) is 43.8 Å². The van der Waals surface area contributed by atoms with E-state index in [1.54, 1.807) is 18.5 Å². The van der Waals surface area contributed by atoms with Crippen molar-refractivity contribution in [3.05, 3.63) is 12.2 Å². The maximum atomic E-state index is 11.7. The van der Waals surface area contributed by atoms with Gasteiger partial charge in [-0.25, -0.2) is 9.59 Å². The molecule has 0 aliphatic heterocycles. The van der Waals surface area contributed by atoms with Crippen molar-refractivity contribution in [3.63, 3.8) is 0 Å². The molecule has 20 heavy (non-hydrogen) atoms. The van der Waals surface area contributed by atoms with Gasteiger partial charge < -0.3 is 26.0 Å². The fourth-order valence-corrected chi connectivity index (χ4v) is 1.55. The number of aryl methyl sites for hydroxylation is 1. The molecular weight excluding hydrogens is 268 g/mol. The van der Waals surface area contributed by atoms with Gasteiger partial charge in [0.1, 0.15) is 12.4 Å². The molecule has 1 rings (SSSR count). The van der Waals surface area contributed by atoms with Crippen LogP contribution in [0.5, 0.6) is 0 Å². The molecule has 0 saturated heterocycles. The fraction of sp³-hybridized carbons (Fsp3) is 0.500. The highest BCUT2D eigenvalue weighted by molar-refractivity contribution is 5.87. The fourth-order valence-electron chi connectivity index (χ4n) is 1.55. The molecule has 1 aromatic rings. The van der Waals surface area contributed by atoms with Crippen molar-refractivity contribution in [2.24, 2.45) is 12.8 Å². The standard InChI is InChI=1S/C10H16N6O4/c1-5(8-15-12-4-16(8)2)13-10(20)14-6(9(18)19)3-7(11)17/h4-6H,3H2,1-2H3,(H2,11,17)(H,18,19)(H2,13,14,20). The second-order valence-corrected chi connectivity index (χ2v) is 4.20. The number of aromatic nitrogens is 3. The summed E-state index contributed by atoms with van der Waals surface area (Å²) in [5.41, 5.74) is 4.91. The summed E-state index contributed by atoms with van der Waals surface area (Å²) in [4.78, 5) is 33.2. The molecule has 0 fully saturated rings. The third-order valence-electron chi connectivity index (χ3n) is 2.49. The third-order valence-corrected chi connectivity index (χ3v) is 2.49. The highest BCUT2D eigenvalue weighted by Crippen LogP contribution is 2.06. The van der Waals surface area contributed by atoms with Crippen molar-refractivity contribution >= 4 is 17.9 Å². The van der Waals surface area contributed by atoms with E-state index in [4.69, 9.17) is 10.8 Å². The number of hydrogen-bond acceptors (Lipinski definition) is 5. The van der Waals surface area contributed by atoms with E-state index in [-0.39, 0.29) is 0 Å². The van der Waals surface area contributed by atoms with Gasteiger partial charge in [-0.2, -0.15) is 0 Å². The van der Waals surface area contributed by atoms with Crippen LogP contribution < -0.4 is 16.4 Å². The quantitative estimate of drug-likeness (QED) is 0.499. The lowest BCUT2D eigenvalue weighted by Gasteiger charge is -2.17.